The molecular formula is C24H31ClN2O3. The van der Waals surface area contributed by atoms with E-state index in [9.17, 15) is 9.59 Å². The standard InChI is InChI=1S/C24H31ClN2O3/c1-5-18(4)26-24(29)21(6-2)27(15-19-12-8-7-11-17(19)3)23(28)16-30-22-14-10-9-13-20(22)25/h7-14,18,21H,5-6,15-16H2,1-4H3,(H,26,29). The highest BCUT2D eigenvalue weighted by atomic mass is 35.5. The predicted molar refractivity (Wildman–Crippen MR) is 121 cm³/mol. The molecule has 2 atom stereocenters. The van der Waals surface area contributed by atoms with E-state index < -0.39 is 6.04 Å². The van der Waals surface area contributed by atoms with Crippen LogP contribution in [0, 0.1) is 6.92 Å². The van der Waals surface area contributed by atoms with Gasteiger partial charge in [-0.25, -0.2) is 0 Å². The van der Waals surface area contributed by atoms with Crippen LogP contribution in [0.25, 0.3) is 0 Å². The highest BCUT2D eigenvalue weighted by Gasteiger charge is 2.29. The van der Waals surface area contributed by atoms with Gasteiger partial charge in [0.15, 0.2) is 6.61 Å². The van der Waals surface area contributed by atoms with Crippen LogP contribution in [0.4, 0.5) is 0 Å². The molecule has 0 bridgehead atoms. The van der Waals surface area contributed by atoms with E-state index in [1.165, 1.54) is 0 Å². The first-order valence-corrected chi connectivity index (χ1v) is 10.8. The lowest BCUT2D eigenvalue weighted by atomic mass is 10.1. The Morgan fingerprint density at radius 1 is 1.07 bits per heavy atom. The quantitative estimate of drug-likeness (QED) is 0.591. The van der Waals surface area contributed by atoms with Crippen LogP contribution in [0.15, 0.2) is 48.5 Å². The average Bonchev–Trinajstić information content (AvgIpc) is 2.74. The number of ether oxygens (including phenoxy) is 1. The predicted octanol–water partition coefficient (Wildman–Crippen LogP) is 4.75. The van der Waals surface area contributed by atoms with Crippen molar-refractivity contribution in [2.75, 3.05) is 6.61 Å². The highest BCUT2D eigenvalue weighted by molar-refractivity contribution is 6.32. The van der Waals surface area contributed by atoms with E-state index in [0.717, 1.165) is 17.5 Å². The van der Waals surface area contributed by atoms with Crippen LogP contribution in [0.2, 0.25) is 5.02 Å². The maximum atomic E-state index is 13.2. The maximum Gasteiger partial charge on any atom is 0.261 e. The molecule has 2 amide bonds. The summed E-state index contributed by atoms with van der Waals surface area (Å²) in [6, 6.07) is 14.3. The van der Waals surface area contributed by atoms with Crippen LogP contribution in [0.3, 0.4) is 0 Å². The van der Waals surface area contributed by atoms with Crippen molar-refractivity contribution in [1.82, 2.24) is 10.2 Å². The van der Waals surface area contributed by atoms with Crippen LogP contribution >= 0.6 is 11.6 Å². The van der Waals surface area contributed by atoms with Crippen molar-refractivity contribution in [2.24, 2.45) is 0 Å². The molecule has 0 aliphatic rings. The molecule has 0 spiro atoms. The summed E-state index contributed by atoms with van der Waals surface area (Å²) < 4.78 is 5.67. The molecule has 2 aromatic rings. The second kappa shape index (κ2) is 11.6. The van der Waals surface area contributed by atoms with Crippen LogP contribution in [0.1, 0.15) is 44.7 Å². The lowest BCUT2D eigenvalue weighted by Gasteiger charge is -2.31. The van der Waals surface area contributed by atoms with E-state index in [1.54, 1.807) is 29.2 Å². The number of para-hydroxylation sites is 1. The molecule has 5 nitrogen and oxygen atoms in total. The highest BCUT2D eigenvalue weighted by Crippen LogP contribution is 2.23. The van der Waals surface area contributed by atoms with Crippen LogP contribution in [-0.4, -0.2) is 35.4 Å². The third-order valence-corrected chi connectivity index (χ3v) is 5.49. The van der Waals surface area contributed by atoms with E-state index in [4.69, 9.17) is 16.3 Å². The lowest BCUT2D eigenvalue weighted by Crippen LogP contribution is -2.51. The molecular weight excluding hydrogens is 400 g/mol. The van der Waals surface area contributed by atoms with Gasteiger partial charge in [-0.3, -0.25) is 9.59 Å². The Balaban J connectivity index is 2.24. The van der Waals surface area contributed by atoms with Crippen molar-refractivity contribution in [3.05, 3.63) is 64.7 Å². The topological polar surface area (TPSA) is 58.6 Å². The van der Waals surface area contributed by atoms with Crippen molar-refractivity contribution in [2.45, 2.75) is 59.2 Å². The Bertz CT molecular complexity index is 856. The molecule has 162 valence electrons. The molecule has 6 heteroatoms. The van der Waals surface area contributed by atoms with Gasteiger partial charge in [0.05, 0.1) is 5.02 Å². The Labute approximate surface area is 184 Å². The number of carbonyl (C=O) groups is 2. The Morgan fingerprint density at radius 3 is 2.37 bits per heavy atom. The maximum absolute atomic E-state index is 13.2. The summed E-state index contributed by atoms with van der Waals surface area (Å²) in [5, 5.41) is 3.45. The van der Waals surface area contributed by atoms with E-state index in [0.29, 0.717) is 23.7 Å². The van der Waals surface area contributed by atoms with Gasteiger partial charge in [-0.1, -0.05) is 61.8 Å². The van der Waals surface area contributed by atoms with Crippen molar-refractivity contribution in [3.8, 4) is 5.75 Å². The van der Waals surface area contributed by atoms with Gasteiger partial charge >= 0.3 is 0 Å². The first-order valence-electron chi connectivity index (χ1n) is 10.4. The summed E-state index contributed by atoms with van der Waals surface area (Å²) in [6.07, 6.45) is 1.33. The smallest absolute Gasteiger partial charge is 0.261 e. The number of nitrogens with one attached hydrogen (secondary N) is 1. The molecule has 2 unspecified atom stereocenters. The van der Waals surface area contributed by atoms with Gasteiger partial charge in [0.25, 0.3) is 5.91 Å². The third-order valence-electron chi connectivity index (χ3n) is 5.18. The molecule has 0 heterocycles. The number of aryl methyl sites for hydroxylation is 1. The van der Waals surface area contributed by atoms with Gasteiger partial charge in [0.2, 0.25) is 5.91 Å². The second-order valence-electron chi connectivity index (χ2n) is 7.41. The van der Waals surface area contributed by atoms with Crippen LogP contribution in [0.5, 0.6) is 5.75 Å². The minimum Gasteiger partial charge on any atom is -0.482 e. The molecule has 2 rings (SSSR count). The minimum atomic E-state index is -0.582. The van der Waals surface area contributed by atoms with E-state index >= 15 is 0 Å². The van der Waals surface area contributed by atoms with Gasteiger partial charge < -0.3 is 15.0 Å². The van der Waals surface area contributed by atoms with Crippen molar-refractivity contribution >= 4 is 23.4 Å². The monoisotopic (exact) mass is 430 g/mol. The molecule has 1 N–H and O–H groups in total. The van der Waals surface area contributed by atoms with Crippen molar-refractivity contribution in [1.29, 1.82) is 0 Å². The first kappa shape index (κ1) is 23.7. The largest absolute Gasteiger partial charge is 0.482 e. The van der Waals surface area contributed by atoms with Crippen molar-refractivity contribution in [3.63, 3.8) is 0 Å². The molecule has 0 aromatic heterocycles. The van der Waals surface area contributed by atoms with E-state index in [2.05, 4.69) is 5.32 Å². The zero-order valence-electron chi connectivity index (χ0n) is 18.2. The number of hydrogen-bond donors (Lipinski definition) is 1. The normalized spacial score (nSPS) is 12.7. The van der Waals surface area contributed by atoms with Crippen LogP contribution < -0.4 is 10.1 Å². The van der Waals surface area contributed by atoms with Gasteiger partial charge in [0, 0.05) is 12.6 Å². The molecule has 30 heavy (non-hydrogen) atoms. The van der Waals surface area contributed by atoms with Gasteiger partial charge in [0.1, 0.15) is 11.8 Å². The zero-order valence-corrected chi connectivity index (χ0v) is 18.9. The van der Waals surface area contributed by atoms with Crippen molar-refractivity contribution < 1.29 is 14.3 Å². The Hall–Kier alpha value is -2.53. The summed E-state index contributed by atoms with van der Waals surface area (Å²) in [5.74, 6) is 0.0383. The summed E-state index contributed by atoms with van der Waals surface area (Å²) in [6.45, 7) is 8.02. The number of hydrogen-bond acceptors (Lipinski definition) is 3. The van der Waals surface area contributed by atoms with E-state index in [-0.39, 0.29) is 24.5 Å². The number of rotatable bonds is 10. The molecule has 0 radical (unpaired) electrons. The lowest BCUT2D eigenvalue weighted by molar-refractivity contribution is -0.143. The first-order chi connectivity index (χ1) is 14.4. The Kier molecular flexibility index (Phi) is 9.18. The number of amides is 2. The second-order valence-corrected chi connectivity index (χ2v) is 7.82. The van der Waals surface area contributed by atoms with Gasteiger partial charge in [-0.05, 0) is 49.9 Å². The summed E-state index contributed by atoms with van der Waals surface area (Å²) in [4.78, 5) is 27.7. The summed E-state index contributed by atoms with van der Waals surface area (Å²) >= 11 is 6.14. The fraction of sp³-hybridized carbons (Fsp3) is 0.417. The number of benzene rings is 2. The molecule has 0 fully saturated rings. The molecule has 0 saturated carbocycles. The minimum absolute atomic E-state index is 0.0429. The number of carbonyl (C=O) groups excluding carboxylic acids is 2. The molecule has 2 aromatic carbocycles. The summed E-state index contributed by atoms with van der Waals surface area (Å²) in [7, 11) is 0. The number of nitrogens with zero attached hydrogens (tertiary/aromatic N) is 1. The van der Waals surface area contributed by atoms with E-state index in [1.807, 2.05) is 52.0 Å². The fourth-order valence-electron chi connectivity index (χ4n) is 3.12. The average molecular weight is 431 g/mol. The Morgan fingerprint density at radius 2 is 1.73 bits per heavy atom. The molecule has 0 saturated heterocycles. The van der Waals surface area contributed by atoms with Gasteiger partial charge in [-0.15, -0.1) is 0 Å². The third kappa shape index (κ3) is 6.49. The SMILES string of the molecule is CCC(C)NC(=O)C(CC)N(Cc1ccccc1C)C(=O)COc1ccccc1Cl. The number of halogens is 1. The summed E-state index contributed by atoms with van der Waals surface area (Å²) in [5.41, 5.74) is 2.07. The zero-order chi connectivity index (χ0) is 22.1. The molecule has 0 aliphatic carbocycles. The molecule has 0 aliphatic heterocycles. The van der Waals surface area contributed by atoms with Gasteiger partial charge in [-0.2, -0.15) is 0 Å². The van der Waals surface area contributed by atoms with Crippen LogP contribution in [-0.2, 0) is 16.1 Å². The fourth-order valence-corrected chi connectivity index (χ4v) is 3.31.